The van der Waals surface area contributed by atoms with Crippen LogP contribution in [0.4, 0.5) is 0 Å². The van der Waals surface area contributed by atoms with E-state index in [1.807, 2.05) is 0 Å². The molecule has 0 aliphatic rings. The third-order valence-electron chi connectivity index (χ3n) is 5.33. The van der Waals surface area contributed by atoms with Crippen LogP contribution in [0.15, 0.2) is 42.5 Å². The third kappa shape index (κ3) is 5.48. The fourth-order valence-corrected chi connectivity index (χ4v) is 3.96. The molecule has 0 saturated carbocycles. The highest BCUT2D eigenvalue weighted by Gasteiger charge is 2.29. The largest absolute Gasteiger partial charge is 0.330 e. The first-order valence-electron chi connectivity index (χ1n) is 10.5. The Hall–Kier alpha value is -2.62. The van der Waals surface area contributed by atoms with Crippen LogP contribution >= 0.6 is 23.2 Å². The average Bonchev–Trinajstić information content (AvgIpc) is 3.19. The van der Waals surface area contributed by atoms with E-state index >= 15 is 0 Å². The van der Waals surface area contributed by atoms with Gasteiger partial charge in [0, 0.05) is 16.1 Å². The molecule has 1 aromatic heterocycles. The summed E-state index contributed by atoms with van der Waals surface area (Å²) in [4.78, 5) is 26.3. The molecule has 1 heterocycles. The van der Waals surface area contributed by atoms with Crippen molar-refractivity contribution in [3.05, 3.63) is 75.3 Å². The van der Waals surface area contributed by atoms with Crippen LogP contribution in [0.2, 0.25) is 10.0 Å². The first-order valence-corrected chi connectivity index (χ1v) is 11.3. The summed E-state index contributed by atoms with van der Waals surface area (Å²) in [6, 6.07) is 9.67. The lowest BCUT2D eigenvalue weighted by Crippen LogP contribution is -2.39. The summed E-state index contributed by atoms with van der Waals surface area (Å²) in [7, 11) is 0. The maximum Gasteiger partial charge on any atom is 0.196 e. The Kier molecular flexibility index (Phi) is 8.34. The van der Waals surface area contributed by atoms with Crippen molar-refractivity contribution in [1.82, 2.24) is 14.8 Å². The van der Waals surface area contributed by atoms with Crippen LogP contribution in [0.5, 0.6) is 0 Å². The Morgan fingerprint density at radius 1 is 1.03 bits per heavy atom. The number of aromatic nitrogens is 3. The Morgan fingerprint density at radius 2 is 1.76 bits per heavy atom. The molecule has 2 atom stereocenters. The Morgan fingerprint density at radius 3 is 2.45 bits per heavy atom. The van der Waals surface area contributed by atoms with Crippen molar-refractivity contribution in [2.45, 2.75) is 38.3 Å². The summed E-state index contributed by atoms with van der Waals surface area (Å²) in [6.07, 6.45) is 1.95. The number of aryl methyl sites for hydroxylation is 1. The normalized spacial score (nSPS) is 13.0. The number of hydrogen-bond acceptors (Lipinski definition) is 7. The summed E-state index contributed by atoms with van der Waals surface area (Å²) < 4.78 is 1.58. The Labute approximate surface area is 202 Å². The molecule has 174 valence electrons. The van der Waals surface area contributed by atoms with E-state index in [1.165, 1.54) is 6.07 Å². The molecule has 0 aliphatic carbocycles. The summed E-state index contributed by atoms with van der Waals surface area (Å²) in [5.41, 5.74) is 18.9. The SMILES string of the molecule is Cc1nnc(C(N)C(=O)[C@@H](N)CCCCN)n1-c1ccc(Cl)cc1C(=O)c1ccccc1Cl. The van der Waals surface area contributed by atoms with Crippen LogP contribution in [0.3, 0.4) is 0 Å². The second-order valence-corrected chi connectivity index (χ2v) is 8.53. The van der Waals surface area contributed by atoms with E-state index in [2.05, 4.69) is 10.2 Å². The van der Waals surface area contributed by atoms with Gasteiger partial charge in [-0.15, -0.1) is 10.2 Å². The van der Waals surface area contributed by atoms with Gasteiger partial charge in [-0.25, -0.2) is 0 Å². The van der Waals surface area contributed by atoms with Crippen molar-refractivity contribution >= 4 is 34.8 Å². The molecule has 2 aromatic carbocycles. The zero-order chi connectivity index (χ0) is 24.1. The highest BCUT2D eigenvalue weighted by atomic mass is 35.5. The van der Waals surface area contributed by atoms with Gasteiger partial charge in [0.1, 0.15) is 11.9 Å². The van der Waals surface area contributed by atoms with Crippen LogP contribution in [0, 0.1) is 6.92 Å². The zero-order valence-corrected chi connectivity index (χ0v) is 19.7. The highest BCUT2D eigenvalue weighted by Crippen LogP contribution is 2.28. The van der Waals surface area contributed by atoms with Crippen molar-refractivity contribution in [1.29, 1.82) is 0 Å². The van der Waals surface area contributed by atoms with Crippen molar-refractivity contribution in [3.63, 3.8) is 0 Å². The minimum absolute atomic E-state index is 0.183. The summed E-state index contributed by atoms with van der Waals surface area (Å²) in [6.45, 7) is 2.23. The van der Waals surface area contributed by atoms with Crippen LogP contribution in [-0.4, -0.2) is 38.9 Å². The number of rotatable bonds is 10. The molecule has 0 bridgehead atoms. The van der Waals surface area contributed by atoms with Gasteiger partial charge in [0.05, 0.1) is 16.8 Å². The molecular formula is C23H26Cl2N6O2. The quantitative estimate of drug-likeness (QED) is 0.293. The molecule has 10 heteroatoms. The van der Waals surface area contributed by atoms with Gasteiger partial charge in [-0.1, -0.05) is 41.8 Å². The molecular weight excluding hydrogens is 463 g/mol. The second-order valence-electron chi connectivity index (χ2n) is 7.68. The second kappa shape index (κ2) is 11.0. The predicted octanol–water partition coefficient (Wildman–Crippen LogP) is 3.14. The number of hydrogen-bond donors (Lipinski definition) is 3. The Bertz CT molecular complexity index is 1160. The van der Waals surface area contributed by atoms with E-state index in [-0.39, 0.29) is 23.0 Å². The minimum Gasteiger partial charge on any atom is -0.330 e. The molecule has 3 rings (SSSR count). The molecule has 33 heavy (non-hydrogen) atoms. The first-order chi connectivity index (χ1) is 15.8. The predicted molar refractivity (Wildman–Crippen MR) is 129 cm³/mol. The molecule has 0 fully saturated rings. The van der Waals surface area contributed by atoms with Gasteiger partial charge in [-0.3, -0.25) is 14.2 Å². The van der Waals surface area contributed by atoms with E-state index in [9.17, 15) is 9.59 Å². The van der Waals surface area contributed by atoms with E-state index in [1.54, 1.807) is 47.9 Å². The molecule has 0 aliphatic heterocycles. The molecule has 3 aromatic rings. The number of nitrogens with two attached hydrogens (primary N) is 3. The molecule has 8 nitrogen and oxygen atoms in total. The standard InChI is InChI=1S/C23H26Cl2N6O2/c1-13-29-30-23(20(28)22(33)18(27)8-4-5-11-26)31(13)19-10-9-14(24)12-16(19)21(32)15-6-2-3-7-17(15)25/h2-3,6-7,9-10,12,18,20H,4-5,8,11,26-28H2,1H3/t18-,20?/m0/s1. The topological polar surface area (TPSA) is 143 Å². The van der Waals surface area contributed by atoms with Gasteiger partial charge in [0.25, 0.3) is 0 Å². The Balaban J connectivity index is 2.04. The molecule has 0 spiro atoms. The van der Waals surface area contributed by atoms with E-state index < -0.39 is 12.1 Å². The van der Waals surface area contributed by atoms with Crippen LogP contribution in [0.25, 0.3) is 5.69 Å². The zero-order valence-electron chi connectivity index (χ0n) is 18.2. The number of nitrogens with zero attached hydrogens (tertiary/aromatic N) is 3. The fraction of sp³-hybridized carbons (Fsp3) is 0.304. The van der Waals surface area contributed by atoms with Gasteiger partial charge in [0.15, 0.2) is 17.4 Å². The van der Waals surface area contributed by atoms with Gasteiger partial charge in [-0.05, 0) is 56.6 Å². The van der Waals surface area contributed by atoms with Crippen molar-refractivity contribution in [2.75, 3.05) is 6.54 Å². The van der Waals surface area contributed by atoms with Crippen LogP contribution in [0.1, 0.15) is 52.9 Å². The van der Waals surface area contributed by atoms with Gasteiger partial charge in [0.2, 0.25) is 0 Å². The van der Waals surface area contributed by atoms with Crippen molar-refractivity contribution in [2.24, 2.45) is 17.2 Å². The lowest BCUT2D eigenvalue weighted by atomic mass is 9.99. The smallest absolute Gasteiger partial charge is 0.196 e. The average molecular weight is 489 g/mol. The number of Topliss-reactive ketones (excluding diaryl/α,β-unsaturated/α-hetero) is 1. The monoisotopic (exact) mass is 488 g/mol. The number of unbranched alkanes of at least 4 members (excludes halogenated alkanes) is 1. The maximum atomic E-state index is 13.4. The van der Waals surface area contributed by atoms with E-state index in [4.69, 9.17) is 40.4 Å². The summed E-state index contributed by atoms with van der Waals surface area (Å²) in [5.74, 6) is -0.0769. The first kappa shape index (κ1) is 25.0. The molecule has 0 amide bonds. The molecule has 0 saturated heterocycles. The summed E-state index contributed by atoms with van der Waals surface area (Å²) >= 11 is 12.5. The lowest BCUT2D eigenvalue weighted by Gasteiger charge is -2.19. The lowest BCUT2D eigenvalue weighted by molar-refractivity contribution is -0.122. The highest BCUT2D eigenvalue weighted by molar-refractivity contribution is 6.35. The third-order valence-corrected chi connectivity index (χ3v) is 5.90. The van der Waals surface area contributed by atoms with Gasteiger partial charge in [-0.2, -0.15) is 0 Å². The number of benzene rings is 2. The number of carbonyl (C=O) groups is 2. The fourth-order valence-electron chi connectivity index (χ4n) is 3.56. The van der Waals surface area contributed by atoms with E-state index in [0.717, 1.165) is 12.8 Å². The number of ketones is 2. The molecule has 0 radical (unpaired) electrons. The molecule has 1 unspecified atom stereocenters. The summed E-state index contributed by atoms with van der Waals surface area (Å²) in [5, 5.41) is 8.90. The van der Waals surface area contributed by atoms with Crippen molar-refractivity contribution < 1.29 is 9.59 Å². The number of carbonyl (C=O) groups excluding carboxylic acids is 2. The van der Waals surface area contributed by atoms with Crippen LogP contribution in [-0.2, 0) is 4.79 Å². The van der Waals surface area contributed by atoms with Gasteiger partial charge < -0.3 is 17.2 Å². The number of halogens is 2. The van der Waals surface area contributed by atoms with Crippen LogP contribution < -0.4 is 17.2 Å². The minimum atomic E-state index is -1.13. The van der Waals surface area contributed by atoms with Crippen molar-refractivity contribution in [3.8, 4) is 5.69 Å². The molecule has 6 N–H and O–H groups in total. The van der Waals surface area contributed by atoms with E-state index in [0.29, 0.717) is 40.1 Å². The maximum absolute atomic E-state index is 13.4. The van der Waals surface area contributed by atoms with Gasteiger partial charge >= 0.3 is 0 Å².